The van der Waals surface area contributed by atoms with Gasteiger partial charge in [0, 0.05) is 8.55 Å². The van der Waals surface area contributed by atoms with Crippen molar-refractivity contribution in [3.8, 4) is 0 Å². The molecule has 0 aliphatic carbocycles. The highest BCUT2D eigenvalue weighted by Gasteiger charge is 2.07. The molecule has 4 heteroatoms. The van der Waals surface area contributed by atoms with Crippen molar-refractivity contribution in [1.82, 2.24) is 4.57 Å². The summed E-state index contributed by atoms with van der Waals surface area (Å²) in [5.74, 6) is 1.75. The van der Waals surface area contributed by atoms with E-state index in [1.807, 2.05) is 0 Å². The molecule has 0 saturated carbocycles. The zero-order chi connectivity index (χ0) is 9.56. The van der Waals surface area contributed by atoms with Gasteiger partial charge < -0.3 is 4.57 Å². The Morgan fingerprint density at radius 1 is 1.08 bits per heavy atom. The summed E-state index contributed by atoms with van der Waals surface area (Å²) < 4.78 is 2.81. The van der Waals surface area contributed by atoms with Gasteiger partial charge in [0.2, 0.25) is 0 Å². The molecule has 0 aromatic heterocycles. The van der Waals surface area contributed by atoms with Gasteiger partial charge in [-0.3, -0.25) is 0 Å². The Bertz CT molecular complexity index is 96.5. The van der Waals surface area contributed by atoms with Crippen molar-refractivity contribution in [2.45, 2.75) is 27.7 Å². The van der Waals surface area contributed by atoms with Gasteiger partial charge in [-0.25, -0.2) is 0 Å². The Balaban J connectivity index is 3.69. The summed E-state index contributed by atoms with van der Waals surface area (Å²) in [5.41, 5.74) is 0. The maximum atomic E-state index is 2.81. The summed E-state index contributed by atoms with van der Waals surface area (Å²) in [6.45, 7) is 12.1. The average molecular weight is 220 g/mol. The molecular formula is C8H25NSi3. The van der Waals surface area contributed by atoms with Crippen LogP contribution in [-0.4, -0.2) is 45.2 Å². The first kappa shape index (κ1) is 12.6. The van der Waals surface area contributed by atoms with E-state index in [0.29, 0.717) is 8.55 Å². The molecule has 0 unspecified atom stereocenters. The van der Waals surface area contributed by atoms with Crippen LogP contribution >= 0.6 is 0 Å². The van der Waals surface area contributed by atoms with Gasteiger partial charge in [-0.15, -0.1) is 0 Å². The van der Waals surface area contributed by atoms with Crippen LogP contribution < -0.4 is 0 Å². The van der Waals surface area contributed by atoms with Crippen molar-refractivity contribution in [1.29, 1.82) is 0 Å². The maximum absolute atomic E-state index is 2.81. The lowest BCUT2D eigenvalue weighted by molar-refractivity contribution is 0.349. The summed E-state index contributed by atoms with van der Waals surface area (Å²) >= 11 is 0. The van der Waals surface area contributed by atoms with Gasteiger partial charge in [0.05, 0.1) is 9.20 Å². The normalized spacial score (nSPS) is 14.2. The third-order valence-corrected chi connectivity index (χ3v) is 10.6. The molecular weight excluding hydrogens is 194 g/mol. The first-order chi connectivity index (χ1) is 5.56. The molecule has 0 rings (SSSR count). The van der Waals surface area contributed by atoms with E-state index in [9.17, 15) is 0 Å². The molecule has 0 radical (unpaired) electrons. The Morgan fingerprint density at radius 3 is 1.75 bits per heavy atom. The van der Waals surface area contributed by atoms with Crippen LogP contribution in [0.25, 0.3) is 0 Å². The first-order valence-corrected chi connectivity index (χ1v) is 15.6. The predicted octanol–water partition coefficient (Wildman–Crippen LogP) is -0.952. The van der Waals surface area contributed by atoms with Crippen LogP contribution in [0, 0.1) is 11.8 Å². The lowest BCUT2D eigenvalue weighted by Gasteiger charge is -2.25. The molecule has 1 nitrogen and oxygen atoms in total. The van der Waals surface area contributed by atoms with E-state index >= 15 is 0 Å². The van der Waals surface area contributed by atoms with E-state index < -0.39 is 0 Å². The average Bonchev–Trinajstić information content (AvgIpc) is 1.84. The quantitative estimate of drug-likeness (QED) is 0.521. The second-order valence-corrected chi connectivity index (χ2v) is 20.2. The van der Waals surface area contributed by atoms with Crippen molar-refractivity contribution in [3.05, 3.63) is 0 Å². The topological polar surface area (TPSA) is 3.24 Å². The lowest BCUT2D eigenvalue weighted by atomic mass is 10.2. The maximum Gasteiger partial charge on any atom is 0.0761 e. The molecule has 12 heavy (non-hydrogen) atoms. The lowest BCUT2D eigenvalue weighted by Crippen LogP contribution is -2.37. The van der Waals surface area contributed by atoms with Gasteiger partial charge in [-0.05, 0) is 34.7 Å². The summed E-state index contributed by atoms with van der Waals surface area (Å²) in [6.07, 6.45) is 0. The largest absolute Gasteiger partial charge is 0.332 e. The van der Waals surface area contributed by atoms with Crippen LogP contribution in [0.15, 0.2) is 0 Å². The molecule has 0 fully saturated rings. The second kappa shape index (κ2) is 7.06. The minimum absolute atomic E-state index is 0.284. The predicted molar refractivity (Wildman–Crippen MR) is 68.3 cm³/mol. The molecule has 0 atom stereocenters. The van der Waals surface area contributed by atoms with Gasteiger partial charge in [0.25, 0.3) is 0 Å². The fourth-order valence-electron chi connectivity index (χ4n) is 1.61. The molecule has 0 amide bonds. The highest BCUT2D eigenvalue weighted by atomic mass is 29.5. The fraction of sp³-hybridized carbons (Fsp3) is 1.00. The summed E-state index contributed by atoms with van der Waals surface area (Å²) in [7, 11) is 2.32. The molecule has 0 spiro atoms. The van der Waals surface area contributed by atoms with Gasteiger partial charge >= 0.3 is 0 Å². The number of hydrogen-bond donors (Lipinski definition) is 0. The van der Waals surface area contributed by atoms with E-state index in [-0.39, 0.29) is 9.20 Å². The van der Waals surface area contributed by atoms with Crippen molar-refractivity contribution in [2.75, 3.05) is 13.1 Å². The van der Waals surface area contributed by atoms with Crippen LogP contribution in [-0.2, 0) is 0 Å². The number of rotatable bonds is 6. The van der Waals surface area contributed by atoms with Crippen LogP contribution in [0.1, 0.15) is 27.7 Å². The molecule has 0 aliphatic heterocycles. The summed E-state index contributed by atoms with van der Waals surface area (Å²) in [6, 6.07) is 0. The highest BCUT2D eigenvalue weighted by Crippen LogP contribution is 2.01. The minimum atomic E-state index is 0.284. The molecule has 0 N–H and O–H groups in total. The Morgan fingerprint density at radius 2 is 1.50 bits per heavy atom. The zero-order valence-electron chi connectivity index (χ0n) is 9.43. The Kier molecular flexibility index (Phi) is 7.42. The Hall–Kier alpha value is 0.611. The van der Waals surface area contributed by atoms with Crippen LogP contribution in [0.4, 0.5) is 0 Å². The molecule has 0 bridgehead atoms. The van der Waals surface area contributed by atoms with Crippen molar-refractivity contribution >= 4 is 27.5 Å². The van der Waals surface area contributed by atoms with Crippen molar-refractivity contribution < 1.29 is 0 Å². The number of nitrogens with zero attached hydrogens (tertiary/aromatic N) is 1. The highest BCUT2D eigenvalue weighted by molar-refractivity contribution is 7.22. The number of hydrogen-bond acceptors (Lipinski definition) is 1. The van der Waals surface area contributed by atoms with Gasteiger partial charge in [0.1, 0.15) is 0 Å². The van der Waals surface area contributed by atoms with Crippen LogP contribution in [0.2, 0.25) is 0 Å². The van der Waals surface area contributed by atoms with Gasteiger partial charge in [-0.2, -0.15) is 0 Å². The molecule has 74 valence electrons. The van der Waals surface area contributed by atoms with E-state index in [1.165, 1.54) is 13.1 Å². The molecule has 0 aromatic carbocycles. The molecule has 0 heterocycles. The first-order valence-electron chi connectivity index (χ1n) is 5.28. The Labute approximate surface area is 85.0 Å². The van der Waals surface area contributed by atoms with E-state index in [0.717, 1.165) is 11.8 Å². The second-order valence-electron chi connectivity index (χ2n) is 4.55. The van der Waals surface area contributed by atoms with Gasteiger partial charge in [0.15, 0.2) is 0 Å². The van der Waals surface area contributed by atoms with E-state index in [1.54, 1.807) is 9.76 Å². The summed E-state index contributed by atoms with van der Waals surface area (Å²) in [4.78, 5) is 0. The zero-order valence-corrected chi connectivity index (χ0v) is 14.3. The summed E-state index contributed by atoms with van der Waals surface area (Å²) in [5, 5.41) is 0. The smallest absolute Gasteiger partial charge is 0.0761 e. The molecule has 0 saturated heterocycles. The van der Waals surface area contributed by atoms with Gasteiger partial charge in [-0.1, -0.05) is 27.7 Å². The fourth-order valence-corrected chi connectivity index (χ4v) is 12.3. The standard InChI is InChI=1S/C8H25NSi3/c1-7(2)5-9(11-12-10)6-8(3)4/h7-8H,5-6,11-12H2,1-4,10H3. The van der Waals surface area contributed by atoms with E-state index in [2.05, 4.69) is 32.3 Å². The SMILES string of the molecule is CC(C)CN(CC(C)C)[SiH2][SiH2][SiH3]. The van der Waals surface area contributed by atoms with Crippen molar-refractivity contribution in [3.63, 3.8) is 0 Å². The van der Waals surface area contributed by atoms with Crippen LogP contribution in [0.3, 0.4) is 0 Å². The third-order valence-electron chi connectivity index (χ3n) is 1.79. The monoisotopic (exact) mass is 219 g/mol. The van der Waals surface area contributed by atoms with Crippen LogP contribution in [0.5, 0.6) is 0 Å². The minimum Gasteiger partial charge on any atom is -0.332 e. The molecule has 0 aromatic rings. The third kappa shape index (κ3) is 7.27. The van der Waals surface area contributed by atoms with Crippen molar-refractivity contribution in [2.24, 2.45) is 11.8 Å². The van der Waals surface area contributed by atoms with E-state index in [4.69, 9.17) is 0 Å². The molecule has 0 aliphatic rings.